The van der Waals surface area contributed by atoms with Crippen LogP contribution in [0.4, 0.5) is 5.69 Å². The van der Waals surface area contributed by atoms with E-state index in [1.165, 1.54) is 6.07 Å². The number of aliphatic hydroxyl groups is 2. The fourth-order valence-electron chi connectivity index (χ4n) is 5.84. The third-order valence-electron chi connectivity index (χ3n) is 7.73. The lowest BCUT2D eigenvalue weighted by molar-refractivity contribution is -0.139. The number of ketones is 2. The number of allylic oxidation sites excluding steroid dienone is 1. The standard InChI is InChI=1S/C24H29N3O6/c1-24(27(4)5)12-9-10-8-11-13(26(2)3)6-7-14(28)16(11)19(29)15(10)20(30)17(12)21(31)18(22(24)32)23(25)33/h6-7,10,12,17,28-29,32H,8-9H2,1-5H3,(H2,25,33). The molecule has 1 saturated carbocycles. The summed E-state index contributed by atoms with van der Waals surface area (Å²) in [5.74, 6) is -5.80. The van der Waals surface area contributed by atoms with Crippen molar-refractivity contribution < 1.29 is 29.7 Å². The molecule has 0 spiro atoms. The fourth-order valence-corrected chi connectivity index (χ4v) is 5.84. The molecule has 0 aromatic heterocycles. The number of nitrogens with two attached hydrogens (primary N) is 1. The number of primary amides is 1. The first-order valence-electron chi connectivity index (χ1n) is 10.8. The van der Waals surface area contributed by atoms with Crippen molar-refractivity contribution in [1.82, 2.24) is 4.90 Å². The van der Waals surface area contributed by atoms with Crippen molar-refractivity contribution in [2.24, 2.45) is 23.5 Å². The van der Waals surface area contributed by atoms with E-state index in [-0.39, 0.29) is 22.6 Å². The van der Waals surface area contributed by atoms with Gasteiger partial charge in [0.25, 0.3) is 5.91 Å². The van der Waals surface area contributed by atoms with Crippen molar-refractivity contribution in [1.29, 1.82) is 0 Å². The summed E-state index contributed by atoms with van der Waals surface area (Å²) in [6.07, 6.45) is 0.685. The van der Waals surface area contributed by atoms with Crippen LogP contribution in [0.15, 0.2) is 29.0 Å². The highest BCUT2D eigenvalue weighted by molar-refractivity contribution is 6.28. The lowest BCUT2D eigenvalue weighted by Gasteiger charge is -2.52. The minimum Gasteiger partial charge on any atom is -0.509 e. The molecule has 0 radical (unpaired) electrons. The number of Topliss-reactive ketones (excluding diaryl/α,β-unsaturated/α-hetero) is 2. The topological polar surface area (TPSA) is 144 Å². The number of phenolic OH excluding ortho intramolecular Hbond substituents is 1. The molecule has 9 nitrogen and oxygen atoms in total. The molecule has 0 bridgehead atoms. The van der Waals surface area contributed by atoms with Crippen LogP contribution in [-0.4, -0.2) is 71.4 Å². The Kier molecular flexibility index (Phi) is 5.09. The molecule has 0 heterocycles. The Hall–Kier alpha value is -3.33. The van der Waals surface area contributed by atoms with Gasteiger partial charge in [-0.1, -0.05) is 0 Å². The van der Waals surface area contributed by atoms with Crippen molar-refractivity contribution >= 4 is 28.9 Å². The lowest BCUT2D eigenvalue weighted by Crippen LogP contribution is -2.62. The number of anilines is 1. The van der Waals surface area contributed by atoms with Gasteiger partial charge < -0.3 is 26.0 Å². The van der Waals surface area contributed by atoms with Gasteiger partial charge in [-0.2, -0.15) is 0 Å². The number of rotatable bonds is 3. The zero-order valence-electron chi connectivity index (χ0n) is 19.3. The number of hydrogen-bond acceptors (Lipinski definition) is 8. The van der Waals surface area contributed by atoms with Crippen LogP contribution in [0.3, 0.4) is 0 Å². The van der Waals surface area contributed by atoms with Gasteiger partial charge in [-0.25, -0.2) is 0 Å². The maximum atomic E-state index is 13.7. The number of amides is 1. The maximum Gasteiger partial charge on any atom is 0.255 e. The van der Waals surface area contributed by atoms with E-state index in [2.05, 4.69) is 0 Å². The highest BCUT2D eigenvalue weighted by Crippen LogP contribution is 2.54. The second-order valence-corrected chi connectivity index (χ2v) is 9.69. The summed E-state index contributed by atoms with van der Waals surface area (Å²) in [6, 6.07) is 3.21. The van der Waals surface area contributed by atoms with Crippen LogP contribution < -0.4 is 10.6 Å². The average Bonchev–Trinajstić information content (AvgIpc) is 2.71. The fraction of sp³-hybridized carbons (Fsp3) is 0.458. The Bertz CT molecular complexity index is 1160. The quantitative estimate of drug-likeness (QED) is 0.394. The molecule has 176 valence electrons. The molecule has 3 aliphatic rings. The van der Waals surface area contributed by atoms with Crippen LogP contribution >= 0.6 is 0 Å². The smallest absolute Gasteiger partial charge is 0.255 e. The van der Waals surface area contributed by atoms with E-state index in [9.17, 15) is 29.7 Å². The van der Waals surface area contributed by atoms with E-state index in [0.717, 1.165) is 5.69 Å². The third-order valence-corrected chi connectivity index (χ3v) is 7.73. The number of aliphatic hydroxyl groups excluding tert-OH is 2. The van der Waals surface area contributed by atoms with Crippen LogP contribution in [0.5, 0.6) is 5.75 Å². The predicted molar refractivity (Wildman–Crippen MR) is 122 cm³/mol. The molecular formula is C24H29N3O6. The maximum absolute atomic E-state index is 13.7. The first-order chi connectivity index (χ1) is 15.3. The SMILES string of the molecule is CN(C)c1ccc(O)c2c1CC1CC3C(C(=O)C(C(N)=O)=C(O)C3(C)N(C)C)C(=O)C1=C2O. The number of carbonyl (C=O) groups excluding carboxylic acids is 3. The number of nitrogens with zero attached hydrogens (tertiary/aromatic N) is 2. The molecule has 4 atom stereocenters. The average molecular weight is 456 g/mol. The zero-order chi connectivity index (χ0) is 24.6. The molecule has 4 rings (SSSR count). The molecule has 33 heavy (non-hydrogen) atoms. The van der Waals surface area contributed by atoms with Crippen LogP contribution in [0, 0.1) is 17.8 Å². The summed E-state index contributed by atoms with van der Waals surface area (Å²) in [5.41, 5.74) is 5.43. The van der Waals surface area contributed by atoms with Gasteiger partial charge in [0.1, 0.15) is 22.8 Å². The Morgan fingerprint density at radius 2 is 1.73 bits per heavy atom. The van der Waals surface area contributed by atoms with Gasteiger partial charge in [0.05, 0.1) is 17.0 Å². The van der Waals surface area contributed by atoms with Gasteiger partial charge in [0.15, 0.2) is 11.6 Å². The van der Waals surface area contributed by atoms with E-state index < -0.39 is 52.1 Å². The van der Waals surface area contributed by atoms with Crippen LogP contribution in [0.1, 0.15) is 24.5 Å². The number of likely N-dealkylation sites (N-methyl/N-ethyl adjacent to an activating group) is 1. The predicted octanol–water partition coefficient (Wildman–Crippen LogP) is 1.31. The molecule has 5 N–H and O–H groups in total. The van der Waals surface area contributed by atoms with E-state index in [0.29, 0.717) is 18.4 Å². The molecule has 9 heteroatoms. The normalized spacial score (nSPS) is 29.1. The van der Waals surface area contributed by atoms with Crippen LogP contribution in [0.2, 0.25) is 0 Å². The van der Waals surface area contributed by atoms with Crippen molar-refractivity contribution in [3.8, 4) is 5.75 Å². The molecule has 1 amide bonds. The van der Waals surface area contributed by atoms with E-state index >= 15 is 0 Å². The summed E-state index contributed by atoms with van der Waals surface area (Å²) in [6.45, 7) is 1.69. The number of phenols is 1. The van der Waals surface area contributed by atoms with Crippen LogP contribution in [0.25, 0.3) is 5.76 Å². The monoisotopic (exact) mass is 455 g/mol. The van der Waals surface area contributed by atoms with Gasteiger partial charge in [-0.15, -0.1) is 0 Å². The van der Waals surface area contributed by atoms with E-state index in [4.69, 9.17) is 5.73 Å². The van der Waals surface area contributed by atoms with E-state index in [1.807, 2.05) is 19.0 Å². The van der Waals surface area contributed by atoms with Gasteiger partial charge in [-0.3, -0.25) is 19.3 Å². The van der Waals surface area contributed by atoms with Gasteiger partial charge >= 0.3 is 0 Å². The molecule has 4 unspecified atom stereocenters. The molecule has 0 saturated heterocycles. The van der Waals surface area contributed by atoms with Gasteiger partial charge in [0.2, 0.25) is 0 Å². The molecular weight excluding hydrogens is 426 g/mol. The Labute approximate surface area is 191 Å². The molecule has 1 fully saturated rings. The van der Waals surface area contributed by atoms with Crippen molar-refractivity contribution in [2.75, 3.05) is 33.1 Å². The molecule has 1 aromatic rings. The lowest BCUT2D eigenvalue weighted by atomic mass is 9.55. The highest BCUT2D eigenvalue weighted by atomic mass is 16.3. The Morgan fingerprint density at radius 1 is 1.09 bits per heavy atom. The molecule has 3 aliphatic carbocycles. The summed E-state index contributed by atoms with van der Waals surface area (Å²) in [7, 11) is 7.10. The summed E-state index contributed by atoms with van der Waals surface area (Å²) >= 11 is 0. The van der Waals surface area contributed by atoms with Gasteiger partial charge in [-0.05, 0) is 57.5 Å². The largest absolute Gasteiger partial charge is 0.509 e. The zero-order valence-corrected chi connectivity index (χ0v) is 19.3. The number of carbonyl (C=O) groups is 3. The second kappa shape index (κ2) is 7.34. The summed E-state index contributed by atoms with van der Waals surface area (Å²) in [4.78, 5) is 42.6. The first kappa shape index (κ1) is 22.8. The summed E-state index contributed by atoms with van der Waals surface area (Å²) < 4.78 is 0. The number of hydrogen-bond donors (Lipinski definition) is 4. The Balaban J connectivity index is 1.95. The number of benzene rings is 1. The molecule has 1 aromatic carbocycles. The minimum absolute atomic E-state index is 0.0784. The van der Waals surface area contributed by atoms with E-state index in [1.54, 1.807) is 32.0 Å². The van der Waals surface area contributed by atoms with Crippen molar-refractivity contribution in [3.63, 3.8) is 0 Å². The number of aromatic hydroxyl groups is 1. The highest BCUT2D eigenvalue weighted by Gasteiger charge is 2.60. The van der Waals surface area contributed by atoms with Crippen LogP contribution in [-0.2, 0) is 20.8 Å². The minimum atomic E-state index is -1.27. The van der Waals surface area contributed by atoms with Gasteiger partial charge in [0, 0.05) is 31.3 Å². The third kappa shape index (κ3) is 2.91. The van der Waals surface area contributed by atoms with Crippen molar-refractivity contribution in [3.05, 3.63) is 40.2 Å². The Morgan fingerprint density at radius 3 is 2.27 bits per heavy atom. The number of fused-ring (bicyclic) bond motifs is 3. The first-order valence-corrected chi connectivity index (χ1v) is 10.8. The second-order valence-electron chi connectivity index (χ2n) is 9.69. The van der Waals surface area contributed by atoms with Crippen molar-refractivity contribution in [2.45, 2.75) is 25.3 Å². The molecule has 0 aliphatic heterocycles. The summed E-state index contributed by atoms with van der Waals surface area (Å²) in [5, 5.41) is 32.6.